The van der Waals surface area contributed by atoms with Crippen molar-refractivity contribution in [2.45, 2.75) is 38.1 Å². The van der Waals surface area contributed by atoms with Gasteiger partial charge in [0.25, 0.3) is 5.91 Å². The highest BCUT2D eigenvalue weighted by molar-refractivity contribution is 6.06. The van der Waals surface area contributed by atoms with Crippen LogP contribution in [0.5, 0.6) is 0 Å². The molecule has 1 atom stereocenters. The first kappa shape index (κ1) is 15.3. The maximum atomic E-state index is 13.3. The molecule has 1 fully saturated rings. The van der Waals surface area contributed by atoms with E-state index in [-0.39, 0.29) is 11.9 Å². The monoisotopic (exact) mass is 349 g/mol. The van der Waals surface area contributed by atoms with Crippen LogP contribution in [0.1, 0.15) is 58.3 Å². The molecule has 1 aliphatic heterocycles. The van der Waals surface area contributed by atoms with Gasteiger partial charge in [0.2, 0.25) is 5.89 Å². The molecule has 7 nitrogen and oxygen atoms in total. The molecule has 1 amide bonds. The molecule has 1 aliphatic carbocycles. The largest absolute Gasteiger partial charge is 0.337 e. The van der Waals surface area contributed by atoms with Crippen LogP contribution in [0.15, 0.2) is 34.9 Å². The summed E-state index contributed by atoms with van der Waals surface area (Å²) in [5, 5.41) is 8.48. The van der Waals surface area contributed by atoms with E-state index in [0.29, 0.717) is 23.9 Å². The number of aromatic nitrogens is 4. The number of para-hydroxylation sites is 1. The molecule has 1 saturated carbocycles. The van der Waals surface area contributed by atoms with Crippen molar-refractivity contribution in [2.24, 2.45) is 7.05 Å². The predicted octanol–water partition coefficient (Wildman–Crippen LogP) is 2.93. The summed E-state index contributed by atoms with van der Waals surface area (Å²) in [5.41, 5.74) is 3.35. The van der Waals surface area contributed by atoms with Crippen LogP contribution in [-0.2, 0) is 13.5 Å². The topological polar surface area (TPSA) is 77.1 Å². The van der Waals surface area contributed by atoms with Crippen LogP contribution in [0.25, 0.3) is 0 Å². The average Bonchev–Trinajstić information content (AvgIpc) is 3.11. The van der Waals surface area contributed by atoms with Crippen LogP contribution in [-0.4, -0.2) is 25.8 Å². The van der Waals surface area contributed by atoms with Crippen LogP contribution >= 0.6 is 0 Å². The Hall–Kier alpha value is -2.96. The van der Waals surface area contributed by atoms with Crippen molar-refractivity contribution in [1.29, 1.82) is 0 Å². The first-order valence-electron chi connectivity index (χ1n) is 8.87. The lowest BCUT2D eigenvalue weighted by Gasteiger charge is -2.22. The molecule has 1 aromatic carbocycles. The smallest absolute Gasteiger partial charge is 0.279 e. The molecule has 2 aromatic heterocycles. The normalized spacial score (nSPS) is 19.0. The Morgan fingerprint density at radius 2 is 2.08 bits per heavy atom. The molecule has 7 heteroatoms. The van der Waals surface area contributed by atoms with Crippen molar-refractivity contribution < 1.29 is 9.32 Å². The van der Waals surface area contributed by atoms with Crippen LogP contribution < -0.4 is 4.90 Å². The van der Waals surface area contributed by atoms with Gasteiger partial charge < -0.3 is 4.52 Å². The van der Waals surface area contributed by atoms with E-state index in [1.807, 2.05) is 44.3 Å². The number of benzene rings is 1. The van der Waals surface area contributed by atoms with Crippen molar-refractivity contribution in [2.75, 3.05) is 4.90 Å². The maximum Gasteiger partial charge on any atom is 0.279 e. The second-order valence-corrected chi connectivity index (χ2v) is 7.08. The number of fused-ring (bicyclic) bond motifs is 1. The second kappa shape index (κ2) is 5.52. The lowest BCUT2D eigenvalue weighted by molar-refractivity contribution is 0.0969. The van der Waals surface area contributed by atoms with Gasteiger partial charge in [-0.1, -0.05) is 23.4 Å². The number of hydrogen-bond donors (Lipinski definition) is 0. The van der Waals surface area contributed by atoms with Crippen molar-refractivity contribution in [1.82, 2.24) is 19.9 Å². The zero-order chi connectivity index (χ0) is 17.8. The Morgan fingerprint density at radius 3 is 2.81 bits per heavy atom. The van der Waals surface area contributed by atoms with E-state index in [4.69, 9.17) is 4.52 Å². The van der Waals surface area contributed by atoms with Crippen molar-refractivity contribution >= 4 is 11.6 Å². The number of rotatable bonds is 3. The van der Waals surface area contributed by atoms with Gasteiger partial charge in [-0.2, -0.15) is 10.1 Å². The molecule has 1 unspecified atom stereocenters. The minimum absolute atomic E-state index is 0.144. The van der Waals surface area contributed by atoms with Gasteiger partial charge in [0.15, 0.2) is 11.5 Å². The Morgan fingerprint density at radius 1 is 1.27 bits per heavy atom. The Bertz CT molecular complexity index is 982. The molecule has 0 bridgehead atoms. The molecule has 26 heavy (non-hydrogen) atoms. The van der Waals surface area contributed by atoms with Gasteiger partial charge in [-0.05, 0) is 37.5 Å². The average molecular weight is 349 g/mol. The summed E-state index contributed by atoms with van der Waals surface area (Å²) in [5.74, 6) is 1.54. The number of carbonyl (C=O) groups excluding carboxylic acids is 1. The minimum Gasteiger partial charge on any atom is -0.337 e. The molecule has 132 valence electrons. The van der Waals surface area contributed by atoms with E-state index < -0.39 is 0 Å². The first-order chi connectivity index (χ1) is 12.6. The van der Waals surface area contributed by atoms with Gasteiger partial charge in [-0.25, -0.2) is 0 Å². The number of nitrogens with zero attached hydrogens (tertiary/aromatic N) is 5. The fourth-order valence-corrected chi connectivity index (χ4v) is 3.51. The van der Waals surface area contributed by atoms with E-state index in [1.165, 1.54) is 0 Å². The van der Waals surface area contributed by atoms with E-state index in [1.54, 1.807) is 9.58 Å². The van der Waals surface area contributed by atoms with Gasteiger partial charge in [0, 0.05) is 30.8 Å². The van der Waals surface area contributed by atoms with Crippen molar-refractivity contribution in [3.63, 3.8) is 0 Å². The Labute approximate surface area is 150 Å². The maximum absolute atomic E-state index is 13.3. The third-order valence-corrected chi connectivity index (χ3v) is 5.21. The molecule has 2 aliphatic rings. The Balaban J connectivity index is 1.56. The van der Waals surface area contributed by atoms with E-state index in [0.717, 1.165) is 35.6 Å². The van der Waals surface area contributed by atoms with Crippen molar-refractivity contribution in [3.8, 4) is 0 Å². The van der Waals surface area contributed by atoms with Crippen LogP contribution in [0.4, 0.5) is 5.69 Å². The molecule has 0 radical (unpaired) electrons. The number of anilines is 1. The van der Waals surface area contributed by atoms with Gasteiger partial charge in [-0.15, -0.1) is 0 Å². The summed E-state index contributed by atoms with van der Waals surface area (Å²) in [6.07, 6.45) is 2.89. The number of hydrogen-bond acceptors (Lipinski definition) is 5. The lowest BCUT2D eigenvalue weighted by atomic mass is 10.1. The third kappa shape index (κ3) is 2.34. The van der Waals surface area contributed by atoms with E-state index >= 15 is 0 Å². The van der Waals surface area contributed by atoms with Gasteiger partial charge in [0.1, 0.15) is 6.04 Å². The predicted molar refractivity (Wildman–Crippen MR) is 93.9 cm³/mol. The first-order valence-corrected chi connectivity index (χ1v) is 8.87. The van der Waals surface area contributed by atoms with Gasteiger partial charge in [0.05, 0.1) is 0 Å². The SMILES string of the molecule is Cc1cc(C(=O)N2c3ccccc3CC2c2nc(C3CC3)no2)nn1C. The lowest BCUT2D eigenvalue weighted by Crippen LogP contribution is -2.32. The van der Waals surface area contributed by atoms with Gasteiger partial charge >= 0.3 is 0 Å². The van der Waals surface area contributed by atoms with E-state index in [2.05, 4.69) is 15.2 Å². The fraction of sp³-hybridized carbons (Fsp3) is 0.368. The summed E-state index contributed by atoms with van der Waals surface area (Å²) in [6, 6.07) is 9.44. The highest BCUT2D eigenvalue weighted by Crippen LogP contribution is 2.43. The number of aryl methyl sites for hydroxylation is 2. The fourth-order valence-electron chi connectivity index (χ4n) is 3.51. The molecule has 0 saturated heterocycles. The quantitative estimate of drug-likeness (QED) is 0.726. The summed E-state index contributed by atoms with van der Waals surface area (Å²) in [7, 11) is 1.83. The molecule has 3 aromatic rings. The summed E-state index contributed by atoms with van der Waals surface area (Å²) < 4.78 is 7.26. The van der Waals surface area contributed by atoms with Crippen LogP contribution in [0, 0.1) is 6.92 Å². The molecule has 0 N–H and O–H groups in total. The van der Waals surface area contributed by atoms with E-state index in [9.17, 15) is 4.79 Å². The molecular formula is C19H19N5O2. The molecule has 5 rings (SSSR count). The van der Waals surface area contributed by atoms with Crippen molar-refractivity contribution in [3.05, 3.63) is 59.0 Å². The third-order valence-electron chi connectivity index (χ3n) is 5.21. The zero-order valence-corrected chi connectivity index (χ0v) is 14.7. The van der Waals surface area contributed by atoms with Crippen LogP contribution in [0.2, 0.25) is 0 Å². The number of carbonyl (C=O) groups is 1. The summed E-state index contributed by atoms with van der Waals surface area (Å²) in [6.45, 7) is 1.93. The Kier molecular flexibility index (Phi) is 3.25. The molecule has 0 spiro atoms. The molecule has 3 heterocycles. The second-order valence-electron chi connectivity index (χ2n) is 7.08. The summed E-state index contributed by atoms with van der Waals surface area (Å²) >= 11 is 0. The zero-order valence-electron chi connectivity index (χ0n) is 14.7. The van der Waals surface area contributed by atoms with Crippen LogP contribution in [0.3, 0.4) is 0 Å². The highest BCUT2D eigenvalue weighted by Gasteiger charge is 2.40. The summed E-state index contributed by atoms with van der Waals surface area (Å²) in [4.78, 5) is 19.6. The standard InChI is InChI=1S/C19H19N5O2/c1-11-9-14(21-23(11)2)19(25)24-15-6-4-3-5-13(15)10-16(24)18-20-17(22-26-18)12-7-8-12/h3-6,9,12,16H,7-8,10H2,1-2H3. The van der Waals surface area contributed by atoms with Gasteiger partial charge in [-0.3, -0.25) is 14.4 Å². The molecular weight excluding hydrogens is 330 g/mol. The number of amides is 1. The highest BCUT2D eigenvalue weighted by atomic mass is 16.5. The minimum atomic E-state index is -0.290.